The van der Waals surface area contributed by atoms with Crippen LogP contribution in [0.3, 0.4) is 0 Å². The predicted octanol–water partition coefficient (Wildman–Crippen LogP) is 1.37. The molecule has 0 aromatic heterocycles. The summed E-state index contributed by atoms with van der Waals surface area (Å²) in [4.78, 5) is 11.7. The third kappa shape index (κ3) is 3.55. The molecule has 2 atom stereocenters. The van der Waals surface area contributed by atoms with Crippen molar-refractivity contribution in [2.75, 3.05) is 20.8 Å². The summed E-state index contributed by atoms with van der Waals surface area (Å²) >= 11 is 0. The van der Waals surface area contributed by atoms with Gasteiger partial charge in [0.25, 0.3) is 0 Å². The number of nitrogens with two attached hydrogens (primary N) is 1. The lowest BCUT2D eigenvalue weighted by atomic mass is 10.00. The molecule has 0 spiro atoms. The Morgan fingerprint density at radius 1 is 1.33 bits per heavy atom. The molecule has 1 aliphatic rings. The van der Waals surface area contributed by atoms with Crippen molar-refractivity contribution < 1.29 is 22.7 Å². The van der Waals surface area contributed by atoms with Gasteiger partial charge >= 0.3 is 5.97 Å². The van der Waals surface area contributed by atoms with E-state index in [1.807, 2.05) is 6.92 Å². The number of ether oxygens (including phenoxy) is 2. The zero-order valence-corrected chi connectivity index (χ0v) is 15.0. The zero-order chi connectivity index (χ0) is 17.9. The van der Waals surface area contributed by atoms with Gasteiger partial charge in [-0.15, -0.1) is 0 Å². The number of carbonyl (C=O) groups excluding carboxylic acids is 1. The topological polar surface area (TPSA) is 98.9 Å². The molecule has 0 radical (unpaired) electrons. The number of nitrogens with zero attached hydrogens (tertiary/aromatic N) is 1. The van der Waals surface area contributed by atoms with E-state index in [9.17, 15) is 13.2 Å². The molecule has 8 heteroatoms. The van der Waals surface area contributed by atoms with Gasteiger partial charge in [-0.25, -0.2) is 13.2 Å². The second-order valence-corrected chi connectivity index (χ2v) is 7.75. The molecule has 2 unspecified atom stereocenters. The van der Waals surface area contributed by atoms with Crippen molar-refractivity contribution in [1.82, 2.24) is 4.31 Å². The van der Waals surface area contributed by atoms with Crippen LogP contribution < -0.4 is 10.5 Å². The van der Waals surface area contributed by atoms with Crippen molar-refractivity contribution in [1.29, 1.82) is 0 Å². The first-order chi connectivity index (χ1) is 11.3. The van der Waals surface area contributed by atoms with E-state index in [-0.39, 0.29) is 28.3 Å². The third-order valence-corrected chi connectivity index (χ3v) is 6.24. The maximum atomic E-state index is 13.1. The first-order valence-corrected chi connectivity index (χ1v) is 9.30. The number of sulfonamides is 1. The summed E-state index contributed by atoms with van der Waals surface area (Å²) in [6.07, 6.45) is 2.49. The van der Waals surface area contributed by atoms with Crippen molar-refractivity contribution in [2.45, 2.75) is 43.2 Å². The van der Waals surface area contributed by atoms with Crippen molar-refractivity contribution in [3.8, 4) is 5.75 Å². The highest BCUT2D eigenvalue weighted by atomic mass is 32.2. The largest absolute Gasteiger partial charge is 0.495 e. The lowest BCUT2D eigenvalue weighted by Gasteiger charge is -2.37. The fourth-order valence-electron chi connectivity index (χ4n) is 3.01. The fourth-order valence-corrected chi connectivity index (χ4v) is 4.92. The van der Waals surface area contributed by atoms with Gasteiger partial charge in [-0.1, -0.05) is 6.42 Å². The Hall–Kier alpha value is -1.64. The van der Waals surface area contributed by atoms with Gasteiger partial charge in [0, 0.05) is 18.6 Å². The molecule has 7 nitrogen and oxygen atoms in total. The van der Waals surface area contributed by atoms with E-state index >= 15 is 0 Å². The monoisotopic (exact) mass is 356 g/mol. The number of carbonyl (C=O) groups is 1. The van der Waals surface area contributed by atoms with Crippen LogP contribution in [0.25, 0.3) is 0 Å². The van der Waals surface area contributed by atoms with Crippen LogP contribution >= 0.6 is 0 Å². The molecule has 0 aliphatic carbocycles. The normalized spacial score (nSPS) is 20.4. The smallest absolute Gasteiger partial charge is 0.337 e. The van der Waals surface area contributed by atoms with Crippen LogP contribution in [0.4, 0.5) is 0 Å². The van der Waals surface area contributed by atoms with E-state index in [1.54, 1.807) is 0 Å². The maximum absolute atomic E-state index is 13.1. The number of methoxy groups -OCH3 is 2. The molecule has 1 heterocycles. The Balaban J connectivity index is 2.46. The standard InChI is InChI=1S/C16H24N2O5S/c1-11(17)13-6-4-5-9-18(13)24(20,21)15-8-7-12(16(19)23-3)10-14(15)22-2/h7-8,10-11,13H,4-6,9,17H2,1-3H3. The minimum absolute atomic E-state index is 0.0326. The van der Waals surface area contributed by atoms with Gasteiger partial charge in [0.05, 0.1) is 19.8 Å². The van der Waals surface area contributed by atoms with Crippen LogP contribution in [0.5, 0.6) is 5.75 Å². The van der Waals surface area contributed by atoms with Crippen molar-refractivity contribution >= 4 is 16.0 Å². The number of rotatable bonds is 5. The minimum atomic E-state index is -3.77. The molecule has 1 fully saturated rings. The molecule has 0 bridgehead atoms. The Morgan fingerprint density at radius 3 is 2.62 bits per heavy atom. The van der Waals surface area contributed by atoms with Crippen LogP contribution in [0.15, 0.2) is 23.1 Å². The zero-order valence-electron chi connectivity index (χ0n) is 14.2. The first-order valence-electron chi connectivity index (χ1n) is 7.86. The van der Waals surface area contributed by atoms with Crippen molar-refractivity contribution in [2.24, 2.45) is 5.73 Å². The highest BCUT2D eigenvalue weighted by molar-refractivity contribution is 7.89. The number of benzene rings is 1. The summed E-state index contributed by atoms with van der Waals surface area (Å²) in [6.45, 7) is 2.24. The SMILES string of the molecule is COC(=O)c1ccc(S(=O)(=O)N2CCCCC2C(C)N)c(OC)c1. The Morgan fingerprint density at radius 2 is 2.04 bits per heavy atom. The van der Waals surface area contributed by atoms with Crippen LogP contribution in [0.2, 0.25) is 0 Å². The molecule has 24 heavy (non-hydrogen) atoms. The minimum Gasteiger partial charge on any atom is -0.495 e. The predicted molar refractivity (Wildman–Crippen MR) is 89.5 cm³/mol. The van der Waals surface area contributed by atoms with E-state index in [0.29, 0.717) is 6.54 Å². The molecule has 2 rings (SSSR count). The van der Waals surface area contributed by atoms with E-state index < -0.39 is 16.0 Å². The molecule has 134 valence electrons. The van der Waals surface area contributed by atoms with Gasteiger partial charge in [0.15, 0.2) is 0 Å². The lowest BCUT2D eigenvalue weighted by molar-refractivity contribution is 0.0600. The number of piperidine rings is 1. The Labute approximate surface area is 142 Å². The van der Waals surface area contributed by atoms with Gasteiger partial charge in [0.1, 0.15) is 10.6 Å². The van der Waals surface area contributed by atoms with Crippen LogP contribution in [0, 0.1) is 0 Å². The van der Waals surface area contributed by atoms with E-state index in [2.05, 4.69) is 4.74 Å². The van der Waals surface area contributed by atoms with Crippen molar-refractivity contribution in [3.63, 3.8) is 0 Å². The van der Waals surface area contributed by atoms with Crippen LogP contribution in [-0.4, -0.2) is 51.5 Å². The Kier molecular flexibility index (Phi) is 5.84. The third-order valence-electron chi connectivity index (χ3n) is 4.28. The van der Waals surface area contributed by atoms with Gasteiger partial charge in [0.2, 0.25) is 10.0 Å². The average molecular weight is 356 g/mol. The van der Waals surface area contributed by atoms with Gasteiger partial charge in [-0.3, -0.25) is 0 Å². The number of hydrogen-bond donors (Lipinski definition) is 1. The molecule has 2 N–H and O–H groups in total. The quantitative estimate of drug-likeness (QED) is 0.800. The van der Waals surface area contributed by atoms with Gasteiger partial charge < -0.3 is 15.2 Å². The van der Waals surface area contributed by atoms with Gasteiger partial charge in [-0.05, 0) is 38.0 Å². The highest BCUT2D eigenvalue weighted by Crippen LogP contribution is 2.32. The van der Waals surface area contributed by atoms with Crippen LogP contribution in [0.1, 0.15) is 36.5 Å². The number of esters is 1. The van der Waals surface area contributed by atoms with E-state index in [1.165, 1.54) is 36.7 Å². The molecule has 1 saturated heterocycles. The molecule has 1 aliphatic heterocycles. The van der Waals surface area contributed by atoms with E-state index in [4.69, 9.17) is 10.5 Å². The lowest BCUT2D eigenvalue weighted by Crippen LogP contribution is -2.51. The summed E-state index contributed by atoms with van der Waals surface area (Å²) < 4.78 is 37.5. The van der Waals surface area contributed by atoms with E-state index in [0.717, 1.165) is 19.3 Å². The molecular weight excluding hydrogens is 332 g/mol. The second-order valence-electron chi connectivity index (χ2n) is 5.90. The molecule has 1 aromatic carbocycles. The molecular formula is C16H24N2O5S. The maximum Gasteiger partial charge on any atom is 0.337 e. The summed E-state index contributed by atoms with van der Waals surface area (Å²) in [5.74, 6) is -0.435. The summed E-state index contributed by atoms with van der Waals surface area (Å²) in [5, 5.41) is 0. The fraction of sp³-hybridized carbons (Fsp3) is 0.562. The Bertz CT molecular complexity index is 702. The average Bonchev–Trinajstić information content (AvgIpc) is 2.60. The van der Waals surface area contributed by atoms with Gasteiger partial charge in [-0.2, -0.15) is 4.31 Å². The highest BCUT2D eigenvalue weighted by Gasteiger charge is 2.37. The first kappa shape index (κ1) is 18.7. The summed E-state index contributed by atoms with van der Waals surface area (Å²) in [6, 6.07) is 3.68. The van der Waals surface area contributed by atoms with Crippen LogP contribution in [-0.2, 0) is 14.8 Å². The second kappa shape index (κ2) is 7.50. The van der Waals surface area contributed by atoms with Crippen molar-refractivity contribution in [3.05, 3.63) is 23.8 Å². The summed E-state index contributed by atoms with van der Waals surface area (Å²) in [5.41, 5.74) is 6.22. The molecule has 0 amide bonds. The summed E-state index contributed by atoms with van der Waals surface area (Å²) in [7, 11) is -1.14. The molecule has 0 saturated carbocycles. The number of hydrogen-bond acceptors (Lipinski definition) is 6. The molecule has 1 aromatic rings.